The molecule has 2 aromatic rings. The monoisotopic (exact) mass is 266 g/mol. The number of ether oxygens (including phenoxy) is 2. The third kappa shape index (κ3) is 1.67. The quantitative estimate of drug-likeness (QED) is 0.619. The molecule has 0 radical (unpaired) electrons. The molecule has 4 rings (SSSR count). The predicted molar refractivity (Wildman–Crippen MR) is 73.2 cm³/mol. The van der Waals surface area contributed by atoms with Crippen molar-refractivity contribution >= 4 is 5.97 Å². The molecule has 0 amide bonds. The van der Waals surface area contributed by atoms with Crippen LogP contribution in [0.1, 0.15) is 27.9 Å². The van der Waals surface area contributed by atoms with E-state index in [0.29, 0.717) is 5.56 Å². The topological polar surface area (TPSA) is 38.8 Å². The van der Waals surface area contributed by atoms with Crippen LogP contribution in [-0.2, 0) is 21.7 Å². The first-order valence-electron chi connectivity index (χ1n) is 6.84. The Labute approximate surface area is 117 Å². The largest absolute Gasteiger partial charge is 0.422 e. The van der Waals surface area contributed by atoms with E-state index in [-0.39, 0.29) is 12.1 Å². The predicted octanol–water partition coefficient (Wildman–Crippen LogP) is 3.04. The number of benzene rings is 2. The first-order valence-corrected chi connectivity index (χ1v) is 6.84. The van der Waals surface area contributed by atoms with Crippen LogP contribution >= 0.6 is 0 Å². The molecule has 2 aliphatic rings. The third-order valence-electron chi connectivity index (χ3n) is 4.01. The van der Waals surface area contributed by atoms with Crippen LogP contribution in [0.3, 0.4) is 0 Å². The van der Waals surface area contributed by atoms with Crippen LogP contribution in [0.5, 0.6) is 0 Å². The Bertz CT molecular complexity index is 665. The second-order valence-corrected chi connectivity index (χ2v) is 5.23. The van der Waals surface area contributed by atoms with Crippen molar-refractivity contribution in [3.8, 4) is 0 Å². The van der Waals surface area contributed by atoms with Gasteiger partial charge in [0.15, 0.2) is 0 Å². The summed E-state index contributed by atoms with van der Waals surface area (Å²) in [6.07, 6.45) is 1.88. The van der Waals surface area contributed by atoms with Gasteiger partial charge in [0.1, 0.15) is 6.10 Å². The molecule has 1 heterocycles. The van der Waals surface area contributed by atoms with Gasteiger partial charge in [0.2, 0.25) is 0 Å². The van der Waals surface area contributed by atoms with Crippen molar-refractivity contribution in [1.82, 2.24) is 0 Å². The van der Waals surface area contributed by atoms with Gasteiger partial charge in [-0.15, -0.1) is 0 Å². The van der Waals surface area contributed by atoms with Gasteiger partial charge in [-0.3, -0.25) is 0 Å². The van der Waals surface area contributed by atoms with Crippen LogP contribution in [0, 0.1) is 0 Å². The zero-order valence-electron chi connectivity index (χ0n) is 10.9. The van der Waals surface area contributed by atoms with E-state index < -0.39 is 5.79 Å². The summed E-state index contributed by atoms with van der Waals surface area (Å²) < 4.78 is 11.4. The second-order valence-electron chi connectivity index (χ2n) is 5.23. The van der Waals surface area contributed by atoms with Gasteiger partial charge in [0, 0.05) is 5.56 Å². The smallest absolute Gasteiger partial charge is 0.340 e. The Kier molecular flexibility index (Phi) is 2.44. The van der Waals surface area contributed by atoms with Crippen molar-refractivity contribution < 1.29 is 14.3 Å². The van der Waals surface area contributed by atoms with E-state index in [0.717, 1.165) is 18.4 Å². The standard InChI is InChI=1S/C17H14O3/c18-16(13-7-2-1-3-8-13)20-17-14-9-5-4-6-12(14)10-11-15(17)19-17/h1-9,15H,10-11H2/t15-,17-/m1/s1. The number of aryl methyl sites for hydroxylation is 1. The highest BCUT2D eigenvalue weighted by atomic mass is 16.8. The van der Waals surface area contributed by atoms with Crippen molar-refractivity contribution in [2.24, 2.45) is 0 Å². The average molecular weight is 266 g/mol. The van der Waals surface area contributed by atoms with Gasteiger partial charge in [-0.2, -0.15) is 0 Å². The Morgan fingerprint density at radius 1 is 1.10 bits per heavy atom. The lowest BCUT2D eigenvalue weighted by Crippen LogP contribution is -2.26. The zero-order valence-corrected chi connectivity index (χ0v) is 10.9. The van der Waals surface area contributed by atoms with Crippen molar-refractivity contribution in [3.63, 3.8) is 0 Å². The number of hydrogen-bond acceptors (Lipinski definition) is 3. The van der Waals surface area contributed by atoms with Crippen LogP contribution in [-0.4, -0.2) is 12.1 Å². The molecule has 1 saturated heterocycles. The SMILES string of the molecule is O=C(O[C@@]12O[C@@H]1CCc1ccccc12)c1ccccc1. The molecule has 0 unspecified atom stereocenters. The van der Waals surface area contributed by atoms with Gasteiger partial charge in [0.05, 0.1) is 5.56 Å². The van der Waals surface area contributed by atoms with E-state index in [2.05, 4.69) is 6.07 Å². The molecule has 0 bridgehead atoms. The summed E-state index contributed by atoms with van der Waals surface area (Å²) in [5.41, 5.74) is 2.77. The van der Waals surface area contributed by atoms with Gasteiger partial charge >= 0.3 is 5.97 Å². The summed E-state index contributed by atoms with van der Waals surface area (Å²) in [5.74, 6) is -1.17. The Morgan fingerprint density at radius 3 is 2.70 bits per heavy atom. The Balaban J connectivity index is 1.66. The fourth-order valence-electron chi connectivity index (χ4n) is 2.94. The number of epoxide rings is 1. The molecule has 3 heteroatoms. The lowest BCUT2D eigenvalue weighted by Gasteiger charge is -2.21. The van der Waals surface area contributed by atoms with Gasteiger partial charge in [-0.05, 0) is 30.5 Å². The maximum Gasteiger partial charge on any atom is 0.340 e. The highest BCUT2D eigenvalue weighted by Crippen LogP contribution is 2.54. The number of carbonyl (C=O) groups excluding carboxylic acids is 1. The molecule has 2 atom stereocenters. The minimum absolute atomic E-state index is 0.00469. The normalized spacial score (nSPS) is 26.3. The van der Waals surface area contributed by atoms with E-state index in [1.165, 1.54) is 5.56 Å². The molecule has 2 aromatic carbocycles. The molecular weight excluding hydrogens is 252 g/mol. The van der Waals surface area contributed by atoms with Crippen LogP contribution in [0.4, 0.5) is 0 Å². The summed E-state index contributed by atoms with van der Waals surface area (Å²) in [7, 11) is 0. The van der Waals surface area contributed by atoms with E-state index >= 15 is 0 Å². The fraction of sp³-hybridized carbons (Fsp3) is 0.235. The number of esters is 1. The minimum Gasteiger partial charge on any atom is -0.422 e. The molecule has 1 aliphatic heterocycles. The lowest BCUT2D eigenvalue weighted by atomic mass is 9.89. The third-order valence-corrected chi connectivity index (χ3v) is 4.01. The Hall–Kier alpha value is -2.13. The van der Waals surface area contributed by atoms with Crippen molar-refractivity contribution in [2.45, 2.75) is 24.7 Å². The van der Waals surface area contributed by atoms with Crippen molar-refractivity contribution in [2.75, 3.05) is 0 Å². The van der Waals surface area contributed by atoms with Gasteiger partial charge < -0.3 is 9.47 Å². The average Bonchev–Trinajstić information content (AvgIpc) is 3.23. The molecular formula is C17H14O3. The van der Waals surface area contributed by atoms with Crippen LogP contribution in [0.2, 0.25) is 0 Å². The first kappa shape index (κ1) is 11.7. The van der Waals surface area contributed by atoms with E-state index in [4.69, 9.17) is 9.47 Å². The van der Waals surface area contributed by atoms with Crippen molar-refractivity contribution in [3.05, 3.63) is 71.3 Å². The van der Waals surface area contributed by atoms with Gasteiger partial charge in [0.25, 0.3) is 5.79 Å². The van der Waals surface area contributed by atoms with E-state index in [9.17, 15) is 4.79 Å². The van der Waals surface area contributed by atoms with Crippen molar-refractivity contribution in [1.29, 1.82) is 0 Å². The van der Waals surface area contributed by atoms with Crippen LogP contribution in [0.15, 0.2) is 54.6 Å². The number of carbonyl (C=O) groups is 1. The Morgan fingerprint density at radius 2 is 1.85 bits per heavy atom. The molecule has 100 valence electrons. The summed E-state index contributed by atoms with van der Waals surface area (Å²) in [5, 5.41) is 0. The number of hydrogen-bond donors (Lipinski definition) is 0. The summed E-state index contributed by atoms with van der Waals surface area (Å²) in [6, 6.07) is 17.1. The highest BCUT2D eigenvalue weighted by Gasteiger charge is 2.64. The molecule has 1 fully saturated rings. The molecule has 0 aromatic heterocycles. The number of rotatable bonds is 2. The summed E-state index contributed by atoms with van der Waals surface area (Å²) in [4.78, 5) is 12.3. The molecule has 0 saturated carbocycles. The van der Waals surface area contributed by atoms with Crippen LogP contribution < -0.4 is 0 Å². The number of fused-ring (bicyclic) bond motifs is 3. The molecule has 0 spiro atoms. The zero-order chi connectivity index (χ0) is 13.6. The molecule has 20 heavy (non-hydrogen) atoms. The van der Waals surface area contributed by atoms with Gasteiger partial charge in [-0.1, -0.05) is 42.5 Å². The van der Waals surface area contributed by atoms with Gasteiger partial charge in [-0.25, -0.2) is 4.79 Å². The minimum atomic E-state index is -0.845. The first-order chi connectivity index (χ1) is 9.79. The van der Waals surface area contributed by atoms with Crippen LogP contribution in [0.25, 0.3) is 0 Å². The fourth-order valence-corrected chi connectivity index (χ4v) is 2.94. The van der Waals surface area contributed by atoms with E-state index in [1.54, 1.807) is 12.1 Å². The molecule has 1 aliphatic carbocycles. The maximum absolute atomic E-state index is 12.3. The summed E-state index contributed by atoms with van der Waals surface area (Å²) >= 11 is 0. The van der Waals surface area contributed by atoms with E-state index in [1.807, 2.05) is 36.4 Å². The summed E-state index contributed by atoms with van der Waals surface area (Å²) in [6.45, 7) is 0. The maximum atomic E-state index is 12.3. The molecule has 0 N–H and O–H groups in total. The highest BCUT2D eigenvalue weighted by molar-refractivity contribution is 5.89. The second kappa shape index (κ2) is 4.18. The lowest BCUT2D eigenvalue weighted by molar-refractivity contribution is -0.0220. The molecule has 3 nitrogen and oxygen atoms in total.